The van der Waals surface area contributed by atoms with Crippen LogP contribution in [0.25, 0.3) is 0 Å². The Hall–Kier alpha value is -1.97. The van der Waals surface area contributed by atoms with Crippen LogP contribution in [0.2, 0.25) is 0 Å². The molecule has 0 saturated carbocycles. The summed E-state index contributed by atoms with van der Waals surface area (Å²) in [6.07, 6.45) is 4.63. The number of aromatic nitrogens is 1. The zero-order chi connectivity index (χ0) is 13.8. The highest BCUT2D eigenvalue weighted by molar-refractivity contribution is 5.80. The summed E-state index contributed by atoms with van der Waals surface area (Å²) in [6.45, 7) is 4.43. The number of nitrogens with zero attached hydrogens (tertiary/aromatic N) is 2. The number of rotatable bonds is 5. The van der Waals surface area contributed by atoms with Crippen LogP contribution in [0.15, 0.2) is 41.1 Å². The van der Waals surface area contributed by atoms with E-state index in [1.165, 1.54) is 0 Å². The summed E-state index contributed by atoms with van der Waals surface area (Å²) in [7, 11) is 1.81. The summed E-state index contributed by atoms with van der Waals surface area (Å²) in [5, 5.41) is 0. The van der Waals surface area contributed by atoms with Crippen molar-refractivity contribution >= 4 is 5.91 Å². The number of hydrogen-bond donors (Lipinski definition) is 0. The first-order valence-electron chi connectivity index (χ1n) is 6.54. The van der Waals surface area contributed by atoms with Crippen LogP contribution in [0.4, 0.5) is 0 Å². The van der Waals surface area contributed by atoms with E-state index < -0.39 is 0 Å². The van der Waals surface area contributed by atoms with Gasteiger partial charge in [0.1, 0.15) is 17.6 Å². The fraction of sp³-hybridized carbons (Fsp3) is 0.400. The minimum absolute atomic E-state index is 0.104. The van der Waals surface area contributed by atoms with Gasteiger partial charge >= 0.3 is 0 Å². The van der Waals surface area contributed by atoms with Gasteiger partial charge in [-0.1, -0.05) is 6.92 Å². The second-order valence-corrected chi connectivity index (χ2v) is 4.76. The Morgan fingerprint density at radius 1 is 1.37 bits per heavy atom. The molecule has 0 radical (unpaired) electrons. The van der Waals surface area contributed by atoms with Crippen LogP contribution in [-0.2, 0) is 11.3 Å². The molecule has 0 aliphatic heterocycles. The van der Waals surface area contributed by atoms with Gasteiger partial charge in [-0.3, -0.25) is 4.79 Å². The Balaban J connectivity index is 2.05. The quantitative estimate of drug-likeness (QED) is 0.829. The topological polar surface area (TPSA) is 38.4 Å². The normalized spacial score (nSPS) is 12.4. The average molecular weight is 260 g/mol. The van der Waals surface area contributed by atoms with E-state index in [1.54, 1.807) is 4.90 Å². The Morgan fingerprint density at radius 3 is 2.58 bits per heavy atom. The van der Waals surface area contributed by atoms with Gasteiger partial charge in [-0.05, 0) is 37.6 Å². The van der Waals surface area contributed by atoms with Crippen LogP contribution >= 0.6 is 0 Å². The molecular weight excluding hydrogens is 240 g/mol. The van der Waals surface area contributed by atoms with Gasteiger partial charge in [0, 0.05) is 19.4 Å². The third kappa shape index (κ3) is 3.08. The Bertz CT molecular complexity index is 528. The van der Waals surface area contributed by atoms with Gasteiger partial charge in [-0.25, -0.2) is 0 Å². The molecule has 2 aromatic rings. The minimum Gasteiger partial charge on any atom is -0.464 e. The third-order valence-electron chi connectivity index (χ3n) is 3.22. The first kappa shape index (κ1) is 13.5. The SMILES string of the molecule is CC[C@@H](C(=O)N(C)Cc1ccc(C)o1)n1cccc1. The van der Waals surface area contributed by atoms with Crippen LogP contribution in [0, 0.1) is 6.92 Å². The molecule has 102 valence electrons. The predicted molar refractivity (Wildman–Crippen MR) is 73.7 cm³/mol. The van der Waals surface area contributed by atoms with E-state index in [9.17, 15) is 4.79 Å². The molecule has 0 saturated heterocycles. The van der Waals surface area contributed by atoms with Crippen molar-refractivity contribution in [2.24, 2.45) is 0 Å². The maximum Gasteiger partial charge on any atom is 0.245 e. The van der Waals surface area contributed by atoms with E-state index in [0.29, 0.717) is 6.54 Å². The smallest absolute Gasteiger partial charge is 0.245 e. The van der Waals surface area contributed by atoms with E-state index in [4.69, 9.17) is 4.42 Å². The molecule has 0 aliphatic carbocycles. The molecule has 19 heavy (non-hydrogen) atoms. The number of furan rings is 1. The molecule has 2 aromatic heterocycles. The highest BCUT2D eigenvalue weighted by Crippen LogP contribution is 2.17. The van der Waals surface area contributed by atoms with Crippen molar-refractivity contribution in [3.63, 3.8) is 0 Å². The van der Waals surface area contributed by atoms with Crippen molar-refractivity contribution in [3.05, 3.63) is 48.2 Å². The summed E-state index contributed by atoms with van der Waals surface area (Å²) in [4.78, 5) is 14.2. The minimum atomic E-state index is -0.143. The lowest BCUT2D eigenvalue weighted by Crippen LogP contribution is -2.33. The fourth-order valence-corrected chi connectivity index (χ4v) is 2.20. The summed E-state index contributed by atoms with van der Waals surface area (Å²) in [6, 6.07) is 7.56. The molecule has 0 N–H and O–H groups in total. The lowest BCUT2D eigenvalue weighted by molar-refractivity contribution is -0.134. The Morgan fingerprint density at radius 2 is 2.05 bits per heavy atom. The molecule has 0 aliphatic rings. The summed E-state index contributed by atoms with van der Waals surface area (Å²) in [5.74, 6) is 1.79. The van der Waals surface area contributed by atoms with Crippen LogP contribution < -0.4 is 0 Å². The Labute approximate surface area is 113 Å². The largest absolute Gasteiger partial charge is 0.464 e. The van der Waals surface area contributed by atoms with Crippen molar-refractivity contribution < 1.29 is 9.21 Å². The lowest BCUT2D eigenvalue weighted by atomic mass is 10.2. The van der Waals surface area contributed by atoms with E-state index >= 15 is 0 Å². The predicted octanol–water partition coefficient (Wildman–Crippen LogP) is 3.00. The van der Waals surface area contributed by atoms with Crippen molar-refractivity contribution in [2.75, 3.05) is 7.05 Å². The van der Waals surface area contributed by atoms with Gasteiger partial charge in [0.25, 0.3) is 0 Å². The standard InChI is InChI=1S/C15H20N2O2/c1-4-14(17-9-5-6-10-17)15(18)16(3)11-13-8-7-12(2)19-13/h5-10,14H,4,11H2,1-3H3/t14-/m0/s1. The second-order valence-electron chi connectivity index (χ2n) is 4.76. The molecular formula is C15H20N2O2. The Kier molecular flexibility index (Phi) is 4.10. The molecule has 0 bridgehead atoms. The maximum atomic E-state index is 12.4. The number of carbonyl (C=O) groups excluding carboxylic acids is 1. The monoisotopic (exact) mass is 260 g/mol. The molecule has 4 heteroatoms. The highest BCUT2D eigenvalue weighted by atomic mass is 16.3. The third-order valence-corrected chi connectivity index (χ3v) is 3.22. The number of amides is 1. The molecule has 2 heterocycles. The van der Waals surface area contributed by atoms with Gasteiger partial charge in [-0.2, -0.15) is 0 Å². The molecule has 4 nitrogen and oxygen atoms in total. The van der Waals surface area contributed by atoms with Crippen molar-refractivity contribution in [1.82, 2.24) is 9.47 Å². The molecule has 1 amide bonds. The van der Waals surface area contributed by atoms with Crippen LogP contribution in [0.3, 0.4) is 0 Å². The van der Waals surface area contributed by atoms with Crippen molar-refractivity contribution in [1.29, 1.82) is 0 Å². The van der Waals surface area contributed by atoms with Gasteiger partial charge < -0.3 is 13.9 Å². The van der Waals surface area contributed by atoms with Crippen molar-refractivity contribution in [3.8, 4) is 0 Å². The maximum absolute atomic E-state index is 12.4. The summed E-state index contributed by atoms with van der Waals surface area (Å²) in [5.41, 5.74) is 0. The molecule has 0 fully saturated rings. The lowest BCUT2D eigenvalue weighted by Gasteiger charge is -2.23. The number of likely N-dealkylation sites (N-methyl/N-ethyl adjacent to an activating group) is 1. The number of carbonyl (C=O) groups is 1. The molecule has 0 spiro atoms. The second kappa shape index (κ2) is 5.78. The first-order chi connectivity index (χ1) is 9.11. The van der Waals surface area contributed by atoms with E-state index in [-0.39, 0.29) is 11.9 Å². The van der Waals surface area contributed by atoms with E-state index in [1.807, 2.05) is 62.1 Å². The van der Waals surface area contributed by atoms with Crippen molar-refractivity contribution in [2.45, 2.75) is 32.9 Å². The number of hydrogen-bond acceptors (Lipinski definition) is 2. The van der Waals surface area contributed by atoms with Gasteiger partial charge in [0.05, 0.1) is 6.54 Å². The zero-order valence-electron chi connectivity index (χ0n) is 11.7. The average Bonchev–Trinajstić information content (AvgIpc) is 3.02. The van der Waals surface area contributed by atoms with Gasteiger partial charge in [-0.15, -0.1) is 0 Å². The van der Waals surface area contributed by atoms with Gasteiger partial charge in [0.15, 0.2) is 0 Å². The summed E-state index contributed by atoms with van der Waals surface area (Å²) >= 11 is 0. The van der Waals surface area contributed by atoms with Crippen LogP contribution in [-0.4, -0.2) is 22.4 Å². The molecule has 0 aromatic carbocycles. The van der Waals surface area contributed by atoms with E-state index in [2.05, 4.69) is 0 Å². The zero-order valence-corrected chi connectivity index (χ0v) is 11.7. The van der Waals surface area contributed by atoms with Crippen LogP contribution in [0.5, 0.6) is 0 Å². The van der Waals surface area contributed by atoms with Gasteiger partial charge in [0.2, 0.25) is 5.91 Å². The highest BCUT2D eigenvalue weighted by Gasteiger charge is 2.21. The summed E-state index contributed by atoms with van der Waals surface area (Å²) < 4.78 is 7.46. The molecule has 1 atom stereocenters. The van der Waals surface area contributed by atoms with Crippen LogP contribution in [0.1, 0.15) is 30.9 Å². The molecule has 2 rings (SSSR count). The first-order valence-corrected chi connectivity index (χ1v) is 6.54. The number of aryl methyl sites for hydroxylation is 1. The van der Waals surface area contributed by atoms with E-state index in [0.717, 1.165) is 17.9 Å². The molecule has 0 unspecified atom stereocenters. The fourth-order valence-electron chi connectivity index (χ4n) is 2.20.